The van der Waals surface area contributed by atoms with Gasteiger partial charge in [0.2, 0.25) is 0 Å². The van der Waals surface area contributed by atoms with E-state index >= 15 is 0 Å². The van der Waals surface area contributed by atoms with Crippen molar-refractivity contribution < 1.29 is 4.39 Å². The fourth-order valence-corrected chi connectivity index (χ4v) is 3.48. The summed E-state index contributed by atoms with van der Waals surface area (Å²) < 4.78 is 16.3. The zero-order valence-corrected chi connectivity index (χ0v) is 14.8. The van der Waals surface area contributed by atoms with E-state index in [1.54, 1.807) is 30.7 Å². The Hall–Kier alpha value is -3.67. The first kappa shape index (κ1) is 16.5. The maximum Gasteiger partial charge on any atom is 0.269 e. The Morgan fingerprint density at radius 2 is 1.96 bits per heavy atom. The van der Waals surface area contributed by atoms with Gasteiger partial charge in [0.15, 0.2) is 0 Å². The van der Waals surface area contributed by atoms with Crippen LogP contribution in [0, 0.1) is 5.82 Å². The third-order valence-corrected chi connectivity index (χ3v) is 4.98. The molecule has 0 saturated carbocycles. The zero-order valence-electron chi connectivity index (χ0n) is 14.8. The number of rotatable bonds is 3. The number of benzene rings is 1. The second-order valence-corrected chi connectivity index (χ2v) is 6.72. The Bertz CT molecular complexity index is 1310. The molecular weight excluding hydrogens is 355 g/mol. The van der Waals surface area contributed by atoms with Crippen LogP contribution in [0.2, 0.25) is 0 Å². The van der Waals surface area contributed by atoms with Crippen molar-refractivity contribution in [1.82, 2.24) is 19.5 Å². The molecule has 0 radical (unpaired) electrons. The van der Waals surface area contributed by atoms with Gasteiger partial charge in [-0.2, -0.15) is 0 Å². The lowest BCUT2D eigenvalue weighted by Gasteiger charge is -2.11. The Kier molecular flexibility index (Phi) is 3.83. The molecule has 6 heteroatoms. The highest BCUT2D eigenvalue weighted by Gasteiger charge is 2.12. The first-order valence-corrected chi connectivity index (χ1v) is 8.93. The third kappa shape index (κ3) is 2.79. The molecule has 4 aromatic rings. The largest absolute Gasteiger partial charge is 0.299 e. The van der Waals surface area contributed by atoms with Crippen molar-refractivity contribution in [2.45, 2.75) is 13.0 Å². The van der Waals surface area contributed by atoms with E-state index < -0.39 is 0 Å². The molecule has 0 unspecified atom stereocenters. The number of nitrogens with zero attached hydrogens (tertiary/aromatic N) is 4. The van der Waals surface area contributed by atoms with Crippen LogP contribution in [0.1, 0.15) is 16.8 Å². The highest BCUT2D eigenvalue weighted by molar-refractivity contribution is 5.73. The number of aromatic nitrogens is 4. The smallest absolute Gasteiger partial charge is 0.269 e. The monoisotopic (exact) mass is 370 g/mol. The average molecular weight is 370 g/mol. The van der Waals surface area contributed by atoms with E-state index in [0.717, 1.165) is 28.8 Å². The third-order valence-electron chi connectivity index (χ3n) is 4.98. The summed E-state index contributed by atoms with van der Waals surface area (Å²) in [5, 5.41) is 0. The molecule has 0 fully saturated rings. The van der Waals surface area contributed by atoms with Crippen LogP contribution in [0.4, 0.5) is 4.39 Å². The number of hydrogen-bond acceptors (Lipinski definition) is 4. The quantitative estimate of drug-likeness (QED) is 0.553. The molecule has 5 rings (SSSR count). The number of pyridine rings is 2. The summed E-state index contributed by atoms with van der Waals surface area (Å²) in [6.45, 7) is 0.112. The summed E-state index contributed by atoms with van der Waals surface area (Å²) in [6.07, 6.45) is 11.1. The van der Waals surface area contributed by atoms with Gasteiger partial charge in [-0.1, -0.05) is 24.3 Å². The standard InChI is InChI=1S/C22H15FN4O/c23-18-9-14(17-8-15-2-1-3-19(15)25-10-17)4-5-16(18)13-27-21-11-24-7-6-20(21)26-12-22(27)28/h1-2,4-12H,3,13H2. The number of fused-ring (bicyclic) bond motifs is 2. The predicted octanol–water partition coefficient (Wildman–Crippen LogP) is 3.61. The van der Waals surface area contributed by atoms with Crippen LogP contribution in [0.5, 0.6) is 0 Å². The summed E-state index contributed by atoms with van der Waals surface area (Å²) in [6, 6.07) is 8.80. The first-order chi connectivity index (χ1) is 13.7. The second-order valence-electron chi connectivity index (χ2n) is 6.72. The summed E-state index contributed by atoms with van der Waals surface area (Å²) in [7, 11) is 0. The first-order valence-electron chi connectivity index (χ1n) is 8.93. The van der Waals surface area contributed by atoms with Gasteiger partial charge in [0.1, 0.15) is 5.82 Å². The van der Waals surface area contributed by atoms with Crippen molar-refractivity contribution in [3.05, 3.63) is 94.2 Å². The highest BCUT2D eigenvalue weighted by atomic mass is 19.1. The molecule has 0 atom stereocenters. The normalized spacial score (nSPS) is 12.5. The molecule has 0 N–H and O–H groups in total. The molecule has 1 aliphatic rings. The highest BCUT2D eigenvalue weighted by Crippen LogP contribution is 2.26. The molecule has 0 aliphatic heterocycles. The van der Waals surface area contributed by atoms with Crippen molar-refractivity contribution in [3.63, 3.8) is 0 Å². The van der Waals surface area contributed by atoms with Crippen molar-refractivity contribution >= 4 is 17.1 Å². The molecule has 136 valence electrons. The Balaban J connectivity index is 1.52. The van der Waals surface area contributed by atoms with E-state index in [9.17, 15) is 9.18 Å². The van der Waals surface area contributed by atoms with Gasteiger partial charge < -0.3 is 0 Å². The molecule has 28 heavy (non-hydrogen) atoms. The lowest BCUT2D eigenvalue weighted by atomic mass is 10.0. The van der Waals surface area contributed by atoms with Gasteiger partial charge in [-0.25, -0.2) is 9.37 Å². The molecule has 0 amide bonds. The van der Waals surface area contributed by atoms with Crippen molar-refractivity contribution in [2.75, 3.05) is 0 Å². The lowest BCUT2D eigenvalue weighted by molar-refractivity contribution is 0.599. The van der Waals surface area contributed by atoms with E-state index in [1.807, 2.05) is 18.2 Å². The van der Waals surface area contributed by atoms with Crippen LogP contribution in [0.25, 0.3) is 28.2 Å². The molecule has 0 spiro atoms. The fraction of sp³-hybridized carbons (Fsp3) is 0.0909. The summed E-state index contributed by atoms with van der Waals surface area (Å²) in [5.41, 5.74) is 5.09. The summed E-state index contributed by atoms with van der Waals surface area (Å²) in [5.74, 6) is -0.366. The lowest BCUT2D eigenvalue weighted by Crippen LogP contribution is -2.21. The number of halogens is 1. The Morgan fingerprint density at radius 3 is 2.86 bits per heavy atom. The zero-order chi connectivity index (χ0) is 19.1. The van der Waals surface area contributed by atoms with Gasteiger partial charge in [-0.05, 0) is 29.3 Å². The Labute approximate surface area is 159 Å². The van der Waals surface area contributed by atoms with Gasteiger partial charge in [0.25, 0.3) is 5.56 Å². The van der Waals surface area contributed by atoms with E-state index in [4.69, 9.17) is 0 Å². The van der Waals surface area contributed by atoms with E-state index in [1.165, 1.54) is 16.8 Å². The molecule has 5 nitrogen and oxygen atoms in total. The maximum absolute atomic E-state index is 14.8. The van der Waals surface area contributed by atoms with Crippen molar-refractivity contribution in [3.8, 4) is 11.1 Å². The topological polar surface area (TPSA) is 60.7 Å². The van der Waals surface area contributed by atoms with Crippen LogP contribution in [-0.2, 0) is 13.0 Å². The molecule has 0 saturated heterocycles. The van der Waals surface area contributed by atoms with Crippen LogP contribution in [0.15, 0.2) is 66.0 Å². The molecule has 1 aromatic carbocycles. The minimum absolute atomic E-state index is 0.112. The average Bonchev–Trinajstić information content (AvgIpc) is 3.19. The Morgan fingerprint density at radius 1 is 1.04 bits per heavy atom. The maximum atomic E-state index is 14.8. The van der Waals surface area contributed by atoms with Crippen molar-refractivity contribution in [2.24, 2.45) is 0 Å². The molecule has 0 bridgehead atoms. The molecular formula is C22H15FN4O. The van der Waals surface area contributed by atoms with E-state index in [-0.39, 0.29) is 17.9 Å². The second kappa shape index (κ2) is 6.49. The molecule has 3 heterocycles. The number of hydrogen-bond donors (Lipinski definition) is 0. The van der Waals surface area contributed by atoms with Crippen molar-refractivity contribution in [1.29, 1.82) is 0 Å². The van der Waals surface area contributed by atoms with Gasteiger partial charge in [-0.15, -0.1) is 0 Å². The van der Waals surface area contributed by atoms with Crippen LogP contribution >= 0.6 is 0 Å². The van der Waals surface area contributed by atoms with Crippen LogP contribution < -0.4 is 5.56 Å². The van der Waals surface area contributed by atoms with Gasteiger partial charge in [0, 0.05) is 29.9 Å². The van der Waals surface area contributed by atoms with Gasteiger partial charge in [0.05, 0.1) is 35.7 Å². The predicted molar refractivity (Wildman–Crippen MR) is 105 cm³/mol. The van der Waals surface area contributed by atoms with E-state index in [2.05, 4.69) is 21.0 Å². The van der Waals surface area contributed by atoms with Gasteiger partial charge >= 0.3 is 0 Å². The minimum atomic E-state index is -0.366. The molecule has 3 aromatic heterocycles. The minimum Gasteiger partial charge on any atom is -0.299 e. The summed E-state index contributed by atoms with van der Waals surface area (Å²) >= 11 is 0. The van der Waals surface area contributed by atoms with E-state index in [0.29, 0.717) is 16.6 Å². The number of allylic oxidation sites excluding steroid dienone is 1. The van der Waals surface area contributed by atoms with Gasteiger partial charge in [-0.3, -0.25) is 19.3 Å². The molecule has 1 aliphatic carbocycles. The van der Waals surface area contributed by atoms with Crippen LogP contribution in [-0.4, -0.2) is 19.5 Å². The van der Waals surface area contributed by atoms with Crippen LogP contribution in [0.3, 0.4) is 0 Å². The SMILES string of the molecule is O=c1cnc2ccncc2n1Cc1ccc(-c2cnc3c(c2)C=CC3)cc1F. The fourth-order valence-electron chi connectivity index (χ4n) is 3.48. The summed E-state index contributed by atoms with van der Waals surface area (Å²) in [4.78, 5) is 24.9.